The zero-order chi connectivity index (χ0) is 9.26. The second kappa shape index (κ2) is 3.12. The summed E-state index contributed by atoms with van der Waals surface area (Å²) in [5.41, 5.74) is 0.409. The third-order valence-electron chi connectivity index (χ3n) is 2.06. The Kier molecular flexibility index (Phi) is 1.96. The van der Waals surface area contributed by atoms with Crippen LogP contribution in [-0.2, 0) is 0 Å². The van der Waals surface area contributed by atoms with Crippen LogP contribution in [0, 0.1) is 0 Å². The molecule has 4 nitrogen and oxygen atoms in total. The van der Waals surface area contributed by atoms with Crippen molar-refractivity contribution in [1.29, 1.82) is 0 Å². The van der Waals surface area contributed by atoms with Crippen LogP contribution in [0.25, 0.3) is 0 Å². The molecule has 2 rings (SSSR count). The van der Waals surface area contributed by atoms with E-state index in [9.17, 15) is 4.79 Å². The molecule has 1 aliphatic rings. The van der Waals surface area contributed by atoms with Crippen LogP contribution in [0.1, 0.15) is 34.9 Å². The number of nitrogens with zero attached hydrogens (tertiary/aromatic N) is 2. The third kappa shape index (κ3) is 1.52. The van der Waals surface area contributed by atoms with Gasteiger partial charge >= 0.3 is 0 Å². The summed E-state index contributed by atoms with van der Waals surface area (Å²) in [6.07, 6.45) is 4.51. The predicted molar refractivity (Wildman–Crippen MR) is 45.9 cm³/mol. The van der Waals surface area contributed by atoms with Crippen LogP contribution in [0.15, 0.2) is 6.20 Å². The van der Waals surface area contributed by atoms with E-state index in [4.69, 9.17) is 4.74 Å². The summed E-state index contributed by atoms with van der Waals surface area (Å²) in [4.78, 5) is 18.8. The Balaban J connectivity index is 2.36. The standard InChI is InChI=1S/C9H10N2O2/c1-13-9-7(5-12)4-10-8(11-9)6-2-3-6/h4-6H,2-3H2,1H3. The Morgan fingerprint density at radius 3 is 2.92 bits per heavy atom. The minimum Gasteiger partial charge on any atom is -0.480 e. The lowest BCUT2D eigenvalue weighted by atomic mass is 10.3. The first-order chi connectivity index (χ1) is 6.35. The van der Waals surface area contributed by atoms with Crippen molar-refractivity contribution in [2.24, 2.45) is 0 Å². The van der Waals surface area contributed by atoms with Crippen molar-refractivity contribution in [2.45, 2.75) is 18.8 Å². The maximum Gasteiger partial charge on any atom is 0.227 e. The molecule has 1 aromatic heterocycles. The van der Waals surface area contributed by atoms with Gasteiger partial charge in [0.25, 0.3) is 0 Å². The van der Waals surface area contributed by atoms with E-state index in [1.165, 1.54) is 13.3 Å². The number of hydrogen-bond donors (Lipinski definition) is 0. The Morgan fingerprint density at radius 1 is 1.62 bits per heavy atom. The molecule has 0 saturated heterocycles. The van der Waals surface area contributed by atoms with Crippen LogP contribution in [0.3, 0.4) is 0 Å². The van der Waals surface area contributed by atoms with E-state index < -0.39 is 0 Å². The van der Waals surface area contributed by atoms with E-state index in [1.807, 2.05) is 0 Å². The second-order valence-corrected chi connectivity index (χ2v) is 3.08. The molecule has 0 unspecified atom stereocenters. The average molecular weight is 178 g/mol. The molecular formula is C9H10N2O2. The number of carbonyl (C=O) groups is 1. The van der Waals surface area contributed by atoms with Crippen LogP contribution in [0.5, 0.6) is 5.88 Å². The molecule has 0 aromatic carbocycles. The fourth-order valence-electron chi connectivity index (χ4n) is 1.17. The molecule has 1 saturated carbocycles. The summed E-state index contributed by atoms with van der Waals surface area (Å²) in [5.74, 6) is 1.66. The number of aromatic nitrogens is 2. The lowest BCUT2D eigenvalue weighted by molar-refractivity contribution is 0.111. The molecule has 1 heterocycles. The first-order valence-corrected chi connectivity index (χ1v) is 4.21. The number of ether oxygens (including phenoxy) is 1. The lowest BCUT2D eigenvalue weighted by Gasteiger charge is -2.03. The zero-order valence-corrected chi connectivity index (χ0v) is 7.36. The van der Waals surface area contributed by atoms with Gasteiger partial charge in [-0.25, -0.2) is 4.98 Å². The van der Waals surface area contributed by atoms with E-state index in [2.05, 4.69) is 9.97 Å². The van der Waals surface area contributed by atoms with Gasteiger partial charge in [0.2, 0.25) is 5.88 Å². The summed E-state index contributed by atoms with van der Waals surface area (Å²) in [5, 5.41) is 0. The van der Waals surface area contributed by atoms with Crippen molar-refractivity contribution in [1.82, 2.24) is 9.97 Å². The van der Waals surface area contributed by atoms with E-state index in [0.717, 1.165) is 18.7 Å². The van der Waals surface area contributed by atoms with E-state index in [-0.39, 0.29) is 0 Å². The van der Waals surface area contributed by atoms with Crippen LogP contribution in [0.2, 0.25) is 0 Å². The number of hydrogen-bond acceptors (Lipinski definition) is 4. The van der Waals surface area contributed by atoms with E-state index in [1.54, 1.807) is 0 Å². The Labute approximate surface area is 76.0 Å². The molecule has 1 fully saturated rings. The molecule has 1 aromatic rings. The molecule has 0 radical (unpaired) electrons. The van der Waals surface area contributed by atoms with Crippen molar-refractivity contribution in [3.05, 3.63) is 17.6 Å². The number of aldehydes is 1. The minimum absolute atomic E-state index is 0.381. The summed E-state index contributed by atoms with van der Waals surface area (Å²) in [6, 6.07) is 0. The van der Waals surface area contributed by atoms with Gasteiger partial charge in [-0.05, 0) is 12.8 Å². The Hall–Kier alpha value is -1.45. The van der Waals surface area contributed by atoms with Gasteiger partial charge in [0.1, 0.15) is 5.82 Å². The van der Waals surface area contributed by atoms with Gasteiger partial charge in [-0.1, -0.05) is 0 Å². The van der Waals surface area contributed by atoms with Crippen molar-refractivity contribution in [3.63, 3.8) is 0 Å². The number of carbonyl (C=O) groups excluding carboxylic acids is 1. The monoisotopic (exact) mass is 178 g/mol. The molecule has 0 spiro atoms. The van der Waals surface area contributed by atoms with Crippen molar-refractivity contribution >= 4 is 6.29 Å². The van der Waals surface area contributed by atoms with Gasteiger partial charge in [0.05, 0.1) is 12.7 Å². The molecular weight excluding hydrogens is 168 g/mol. The number of rotatable bonds is 3. The molecule has 1 aliphatic carbocycles. The minimum atomic E-state index is 0.381. The summed E-state index contributed by atoms with van der Waals surface area (Å²) in [6.45, 7) is 0. The lowest BCUT2D eigenvalue weighted by Crippen LogP contribution is -2.00. The fraction of sp³-hybridized carbons (Fsp3) is 0.444. The molecule has 4 heteroatoms. The quantitative estimate of drug-likeness (QED) is 0.652. The zero-order valence-electron chi connectivity index (χ0n) is 7.36. The van der Waals surface area contributed by atoms with Crippen LogP contribution >= 0.6 is 0 Å². The molecule has 0 aliphatic heterocycles. The van der Waals surface area contributed by atoms with E-state index >= 15 is 0 Å². The summed E-state index contributed by atoms with van der Waals surface area (Å²) >= 11 is 0. The smallest absolute Gasteiger partial charge is 0.227 e. The number of methoxy groups -OCH3 is 1. The molecule has 0 bridgehead atoms. The maximum absolute atomic E-state index is 10.5. The topological polar surface area (TPSA) is 52.1 Å². The molecule has 0 N–H and O–H groups in total. The second-order valence-electron chi connectivity index (χ2n) is 3.08. The van der Waals surface area contributed by atoms with Crippen molar-refractivity contribution in [3.8, 4) is 5.88 Å². The highest BCUT2D eigenvalue weighted by Gasteiger charge is 2.27. The van der Waals surface area contributed by atoms with Gasteiger partial charge in [-0.3, -0.25) is 4.79 Å². The average Bonchev–Trinajstić information content (AvgIpc) is 3.00. The van der Waals surface area contributed by atoms with Gasteiger partial charge in [-0.15, -0.1) is 0 Å². The molecule has 68 valence electrons. The maximum atomic E-state index is 10.5. The Bertz CT molecular complexity index is 334. The summed E-state index contributed by atoms with van der Waals surface area (Å²) in [7, 11) is 1.51. The predicted octanol–water partition coefficient (Wildman–Crippen LogP) is 1.18. The van der Waals surface area contributed by atoms with Crippen molar-refractivity contribution in [2.75, 3.05) is 7.11 Å². The van der Waals surface area contributed by atoms with Gasteiger partial charge in [0.15, 0.2) is 6.29 Å². The van der Waals surface area contributed by atoms with Gasteiger partial charge in [-0.2, -0.15) is 4.98 Å². The third-order valence-corrected chi connectivity index (χ3v) is 2.06. The normalized spacial score (nSPS) is 15.5. The molecule has 0 amide bonds. The first kappa shape index (κ1) is 8.16. The highest BCUT2D eigenvalue weighted by Crippen LogP contribution is 2.38. The first-order valence-electron chi connectivity index (χ1n) is 4.21. The Morgan fingerprint density at radius 2 is 2.38 bits per heavy atom. The van der Waals surface area contributed by atoms with Crippen LogP contribution in [0.4, 0.5) is 0 Å². The largest absolute Gasteiger partial charge is 0.480 e. The summed E-state index contributed by atoms with van der Waals surface area (Å²) < 4.78 is 4.97. The fourth-order valence-corrected chi connectivity index (χ4v) is 1.17. The van der Waals surface area contributed by atoms with Gasteiger partial charge in [0, 0.05) is 12.1 Å². The SMILES string of the molecule is COc1nc(C2CC2)ncc1C=O. The highest BCUT2D eigenvalue weighted by molar-refractivity contribution is 5.77. The van der Waals surface area contributed by atoms with Crippen LogP contribution in [-0.4, -0.2) is 23.4 Å². The van der Waals surface area contributed by atoms with Gasteiger partial charge < -0.3 is 4.74 Å². The highest BCUT2D eigenvalue weighted by atomic mass is 16.5. The molecule has 0 atom stereocenters. The van der Waals surface area contributed by atoms with Crippen molar-refractivity contribution < 1.29 is 9.53 Å². The van der Waals surface area contributed by atoms with Crippen LogP contribution < -0.4 is 4.74 Å². The van der Waals surface area contributed by atoms with E-state index in [0.29, 0.717) is 23.6 Å². The molecule has 13 heavy (non-hydrogen) atoms.